The molecule has 0 radical (unpaired) electrons. The second kappa shape index (κ2) is 11.8. The van der Waals surface area contributed by atoms with E-state index < -0.39 is 0 Å². The molecular formula is C23H24BrClN2O3. The van der Waals surface area contributed by atoms with Gasteiger partial charge in [0, 0.05) is 39.4 Å². The van der Waals surface area contributed by atoms with Crippen LogP contribution in [0.3, 0.4) is 0 Å². The lowest BCUT2D eigenvalue weighted by molar-refractivity contribution is 0.279. The minimum atomic E-state index is 0.359. The summed E-state index contributed by atoms with van der Waals surface area (Å²) in [7, 11) is 1.64. The molecule has 0 fully saturated rings. The first kappa shape index (κ1) is 22.4. The molecule has 0 aliphatic rings. The maximum absolute atomic E-state index is 6.26. The van der Waals surface area contributed by atoms with E-state index >= 15 is 0 Å². The zero-order valence-corrected chi connectivity index (χ0v) is 19.1. The van der Waals surface area contributed by atoms with Gasteiger partial charge in [0.05, 0.1) is 13.7 Å². The Balaban J connectivity index is 1.57. The fourth-order valence-corrected chi connectivity index (χ4v) is 3.49. The van der Waals surface area contributed by atoms with E-state index in [2.05, 4.69) is 26.2 Å². The summed E-state index contributed by atoms with van der Waals surface area (Å²) in [4.78, 5) is 4.15. The standard InChI is InChI=1S/C23H24BrClN2O3/c1-28-21-11-10-19(24)18(23(21)30-16-17-7-2-3-8-20(17)25)15-26-12-6-14-29-22-9-4-5-13-27-22/h2-5,7-11,13,26H,6,12,14-16H2,1H3. The number of pyridine rings is 1. The number of nitrogens with zero attached hydrogens (tertiary/aromatic N) is 1. The van der Waals surface area contributed by atoms with Crippen LogP contribution < -0.4 is 19.5 Å². The number of methoxy groups -OCH3 is 1. The van der Waals surface area contributed by atoms with Crippen molar-refractivity contribution in [2.24, 2.45) is 0 Å². The highest BCUT2D eigenvalue weighted by molar-refractivity contribution is 9.10. The van der Waals surface area contributed by atoms with Crippen molar-refractivity contribution >= 4 is 27.5 Å². The molecule has 3 rings (SSSR count). The summed E-state index contributed by atoms with van der Waals surface area (Å²) in [6.45, 7) is 2.37. The lowest BCUT2D eigenvalue weighted by Crippen LogP contribution is -2.18. The van der Waals surface area contributed by atoms with E-state index in [0.717, 1.165) is 28.6 Å². The SMILES string of the molecule is COc1ccc(Br)c(CNCCCOc2ccccn2)c1OCc1ccccc1Cl. The van der Waals surface area contributed by atoms with Gasteiger partial charge in [-0.2, -0.15) is 0 Å². The molecule has 0 unspecified atom stereocenters. The normalized spacial score (nSPS) is 10.6. The summed E-state index contributed by atoms with van der Waals surface area (Å²) in [6, 6.07) is 17.1. The highest BCUT2D eigenvalue weighted by Gasteiger charge is 2.15. The molecule has 0 atom stereocenters. The third-order valence-electron chi connectivity index (χ3n) is 4.40. The van der Waals surface area contributed by atoms with E-state index in [0.29, 0.717) is 42.2 Å². The zero-order valence-electron chi connectivity index (χ0n) is 16.7. The molecular weight excluding hydrogens is 468 g/mol. The van der Waals surface area contributed by atoms with E-state index in [1.807, 2.05) is 54.6 Å². The molecule has 5 nitrogen and oxygen atoms in total. The van der Waals surface area contributed by atoms with E-state index in [9.17, 15) is 0 Å². The molecule has 1 N–H and O–H groups in total. The first-order chi connectivity index (χ1) is 14.7. The fraction of sp³-hybridized carbons (Fsp3) is 0.261. The van der Waals surface area contributed by atoms with Crippen LogP contribution in [0.4, 0.5) is 0 Å². The van der Waals surface area contributed by atoms with Gasteiger partial charge in [-0.05, 0) is 37.2 Å². The van der Waals surface area contributed by atoms with Crippen LogP contribution in [0.25, 0.3) is 0 Å². The van der Waals surface area contributed by atoms with Gasteiger partial charge in [0.2, 0.25) is 5.88 Å². The first-order valence-electron chi connectivity index (χ1n) is 9.65. The largest absolute Gasteiger partial charge is 0.493 e. The lowest BCUT2D eigenvalue weighted by atomic mass is 10.1. The van der Waals surface area contributed by atoms with Gasteiger partial charge in [-0.15, -0.1) is 0 Å². The van der Waals surface area contributed by atoms with Crippen LogP contribution in [-0.2, 0) is 13.2 Å². The molecule has 0 saturated heterocycles. The van der Waals surface area contributed by atoms with Crippen molar-refractivity contribution < 1.29 is 14.2 Å². The molecule has 0 saturated carbocycles. The van der Waals surface area contributed by atoms with Gasteiger partial charge < -0.3 is 19.5 Å². The number of benzene rings is 2. The van der Waals surface area contributed by atoms with E-state index in [1.54, 1.807) is 13.3 Å². The predicted molar refractivity (Wildman–Crippen MR) is 123 cm³/mol. The van der Waals surface area contributed by atoms with Gasteiger partial charge in [0.1, 0.15) is 6.61 Å². The molecule has 158 valence electrons. The van der Waals surface area contributed by atoms with Crippen LogP contribution in [0, 0.1) is 0 Å². The molecule has 2 aromatic carbocycles. The summed E-state index contributed by atoms with van der Waals surface area (Å²) in [5.74, 6) is 2.02. The third kappa shape index (κ3) is 6.36. The maximum atomic E-state index is 6.26. The average molecular weight is 492 g/mol. The van der Waals surface area contributed by atoms with Crippen LogP contribution in [0.2, 0.25) is 5.02 Å². The van der Waals surface area contributed by atoms with Gasteiger partial charge in [-0.1, -0.05) is 51.8 Å². The first-order valence-corrected chi connectivity index (χ1v) is 10.8. The van der Waals surface area contributed by atoms with Crippen molar-refractivity contribution in [1.29, 1.82) is 0 Å². The van der Waals surface area contributed by atoms with Crippen LogP contribution in [0.1, 0.15) is 17.5 Å². The molecule has 0 amide bonds. The van der Waals surface area contributed by atoms with Crippen molar-refractivity contribution in [3.8, 4) is 17.4 Å². The third-order valence-corrected chi connectivity index (χ3v) is 5.52. The molecule has 0 aliphatic heterocycles. The Morgan fingerprint density at radius 2 is 1.87 bits per heavy atom. The van der Waals surface area contributed by atoms with Gasteiger partial charge in [0.15, 0.2) is 11.5 Å². The van der Waals surface area contributed by atoms with Gasteiger partial charge in [-0.25, -0.2) is 4.98 Å². The maximum Gasteiger partial charge on any atom is 0.213 e. The zero-order chi connectivity index (χ0) is 21.2. The van der Waals surface area contributed by atoms with Crippen molar-refractivity contribution in [3.63, 3.8) is 0 Å². The molecule has 7 heteroatoms. The van der Waals surface area contributed by atoms with Crippen LogP contribution in [-0.4, -0.2) is 25.2 Å². The van der Waals surface area contributed by atoms with Crippen LogP contribution >= 0.6 is 27.5 Å². The Morgan fingerprint density at radius 1 is 1.03 bits per heavy atom. The molecule has 3 aromatic rings. The number of aromatic nitrogens is 1. The smallest absolute Gasteiger partial charge is 0.213 e. The summed E-state index contributed by atoms with van der Waals surface area (Å²) in [5.41, 5.74) is 1.92. The summed E-state index contributed by atoms with van der Waals surface area (Å²) in [6.07, 6.45) is 2.58. The molecule has 1 heterocycles. The minimum Gasteiger partial charge on any atom is -0.493 e. The summed E-state index contributed by atoms with van der Waals surface area (Å²) < 4.78 is 18.2. The van der Waals surface area contributed by atoms with Gasteiger partial charge in [-0.3, -0.25) is 0 Å². The Kier molecular flexibility index (Phi) is 8.81. The van der Waals surface area contributed by atoms with Crippen molar-refractivity contribution in [2.45, 2.75) is 19.6 Å². The number of hydrogen-bond acceptors (Lipinski definition) is 5. The van der Waals surface area contributed by atoms with Crippen molar-refractivity contribution in [2.75, 3.05) is 20.3 Å². The number of rotatable bonds is 11. The monoisotopic (exact) mass is 490 g/mol. The van der Waals surface area contributed by atoms with Crippen LogP contribution in [0.5, 0.6) is 17.4 Å². The highest BCUT2D eigenvalue weighted by atomic mass is 79.9. The average Bonchev–Trinajstić information content (AvgIpc) is 2.77. The Morgan fingerprint density at radius 3 is 2.63 bits per heavy atom. The molecule has 0 bridgehead atoms. The van der Waals surface area contributed by atoms with E-state index in [4.69, 9.17) is 25.8 Å². The van der Waals surface area contributed by atoms with E-state index in [1.165, 1.54) is 0 Å². The molecule has 30 heavy (non-hydrogen) atoms. The Bertz CT molecular complexity index is 941. The Labute approximate surface area is 190 Å². The number of halogens is 2. The second-order valence-corrected chi connectivity index (χ2v) is 7.75. The summed E-state index contributed by atoms with van der Waals surface area (Å²) in [5, 5.41) is 4.12. The fourth-order valence-electron chi connectivity index (χ4n) is 2.85. The number of nitrogens with one attached hydrogen (secondary N) is 1. The Hall–Kier alpha value is -2.28. The minimum absolute atomic E-state index is 0.359. The second-order valence-electron chi connectivity index (χ2n) is 6.48. The number of hydrogen-bond donors (Lipinski definition) is 1. The lowest BCUT2D eigenvalue weighted by Gasteiger charge is -2.17. The van der Waals surface area contributed by atoms with Crippen LogP contribution in [0.15, 0.2) is 65.3 Å². The summed E-state index contributed by atoms with van der Waals surface area (Å²) >= 11 is 9.89. The number of ether oxygens (including phenoxy) is 3. The molecule has 0 spiro atoms. The van der Waals surface area contributed by atoms with Crippen molar-refractivity contribution in [1.82, 2.24) is 10.3 Å². The highest BCUT2D eigenvalue weighted by Crippen LogP contribution is 2.37. The predicted octanol–water partition coefficient (Wildman–Crippen LogP) is 5.64. The van der Waals surface area contributed by atoms with Gasteiger partial charge >= 0.3 is 0 Å². The van der Waals surface area contributed by atoms with Gasteiger partial charge in [0.25, 0.3) is 0 Å². The van der Waals surface area contributed by atoms with Crippen molar-refractivity contribution in [3.05, 3.63) is 81.4 Å². The topological polar surface area (TPSA) is 52.6 Å². The molecule has 0 aliphatic carbocycles. The van der Waals surface area contributed by atoms with E-state index in [-0.39, 0.29) is 0 Å². The quantitative estimate of drug-likeness (QED) is 0.352. The molecule has 1 aromatic heterocycles.